The van der Waals surface area contributed by atoms with E-state index >= 15 is 0 Å². The van der Waals surface area contributed by atoms with Gasteiger partial charge in [0.05, 0.1) is 6.61 Å². The maximum Gasteiger partial charge on any atom is 0.258 e. The molecule has 0 saturated heterocycles. The van der Waals surface area contributed by atoms with Crippen molar-refractivity contribution in [1.29, 1.82) is 0 Å². The Morgan fingerprint density at radius 3 is 2.95 bits per heavy atom. The second kappa shape index (κ2) is 5.67. The number of hydrogen-bond acceptors (Lipinski definition) is 3. The summed E-state index contributed by atoms with van der Waals surface area (Å²) in [5, 5.41) is 0. The molecule has 2 N–H and O–H groups in total. The summed E-state index contributed by atoms with van der Waals surface area (Å²) >= 11 is 0. The van der Waals surface area contributed by atoms with Crippen LogP contribution in [0.3, 0.4) is 0 Å². The van der Waals surface area contributed by atoms with E-state index in [1.54, 1.807) is 6.07 Å². The molecule has 0 aliphatic carbocycles. The molecule has 0 fully saturated rings. The summed E-state index contributed by atoms with van der Waals surface area (Å²) in [5.74, 6) is -0.00609. The van der Waals surface area contributed by atoms with Crippen molar-refractivity contribution in [3.8, 4) is 22.6 Å². The predicted octanol–water partition coefficient (Wildman–Crippen LogP) is 2.68. The number of carbonyl (C=O) groups excluding carboxylic acids is 1. The highest BCUT2D eigenvalue weighted by atomic mass is 19.1. The fourth-order valence-electron chi connectivity index (χ4n) is 2.49. The third kappa shape index (κ3) is 2.74. The van der Waals surface area contributed by atoms with Crippen molar-refractivity contribution in [2.45, 2.75) is 19.4 Å². The zero-order valence-corrected chi connectivity index (χ0v) is 12.1. The first kappa shape index (κ1) is 14.4. The van der Waals surface area contributed by atoms with Crippen molar-refractivity contribution < 1.29 is 18.7 Å². The molecule has 1 amide bonds. The molecule has 0 radical (unpaired) electrons. The second-order valence-corrected chi connectivity index (χ2v) is 5.23. The minimum Gasteiger partial charge on any atom is -0.492 e. The van der Waals surface area contributed by atoms with Crippen LogP contribution in [-0.2, 0) is 11.2 Å². The Bertz CT molecular complexity index is 730. The van der Waals surface area contributed by atoms with E-state index in [-0.39, 0.29) is 5.75 Å². The fraction of sp³-hybridized carbons (Fsp3) is 0.235. The molecule has 114 valence electrons. The maximum absolute atomic E-state index is 13.9. The van der Waals surface area contributed by atoms with Gasteiger partial charge in [0.1, 0.15) is 17.3 Å². The number of benzene rings is 2. The van der Waals surface area contributed by atoms with E-state index in [9.17, 15) is 9.18 Å². The van der Waals surface area contributed by atoms with Gasteiger partial charge in [-0.05, 0) is 30.2 Å². The van der Waals surface area contributed by atoms with Crippen LogP contribution >= 0.6 is 0 Å². The molecule has 22 heavy (non-hydrogen) atoms. The fourth-order valence-corrected chi connectivity index (χ4v) is 2.49. The zero-order valence-electron chi connectivity index (χ0n) is 12.1. The van der Waals surface area contributed by atoms with Gasteiger partial charge in [-0.2, -0.15) is 0 Å². The molecule has 2 aromatic rings. The minimum absolute atomic E-state index is 0.261. The molecule has 4 nitrogen and oxygen atoms in total. The van der Waals surface area contributed by atoms with Crippen molar-refractivity contribution in [2.24, 2.45) is 5.73 Å². The zero-order chi connectivity index (χ0) is 15.7. The number of fused-ring (bicyclic) bond motifs is 1. The van der Waals surface area contributed by atoms with Gasteiger partial charge in [0.15, 0.2) is 6.10 Å². The number of nitrogens with two attached hydrogens (primary N) is 1. The molecular formula is C17H16FNO3. The van der Waals surface area contributed by atoms with Crippen LogP contribution in [0.2, 0.25) is 0 Å². The van der Waals surface area contributed by atoms with Gasteiger partial charge in [-0.25, -0.2) is 4.39 Å². The molecule has 0 saturated carbocycles. The lowest BCUT2D eigenvalue weighted by atomic mass is 10.0. The van der Waals surface area contributed by atoms with Crippen LogP contribution in [0.25, 0.3) is 11.1 Å². The largest absolute Gasteiger partial charge is 0.492 e. The van der Waals surface area contributed by atoms with Gasteiger partial charge < -0.3 is 15.2 Å². The Balaban J connectivity index is 2.00. The lowest BCUT2D eigenvalue weighted by molar-refractivity contribution is -0.123. The van der Waals surface area contributed by atoms with Gasteiger partial charge in [0.2, 0.25) is 0 Å². The van der Waals surface area contributed by atoms with Crippen LogP contribution in [-0.4, -0.2) is 18.6 Å². The van der Waals surface area contributed by atoms with E-state index in [0.717, 1.165) is 23.3 Å². The Hall–Kier alpha value is -2.56. The standard InChI is InChI=1S/C17H16FNO3/c1-10(17(19)20)22-14-8-12(7-13(18)9-14)15-4-2-3-11-5-6-21-16(11)15/h2-4,7-10H,5-6H2,1H3,(H2,19,20). The van der Waals surface area contributed by atoms with Crippen molar-refractivity contribution in [1.82, 2.24) is 0 Å². The van der Waals surface area contributed by atoms with E-state index in [1.807, 2.05) is 18.2 Å². The lowest BCUT2D eigenvalue weighted by Crippen LogP contribution is -2.30. The Morgan fingerprint density at radius 1 is 1.36 bits per heavy atom. The quantitative estimate of drug-likeness (QED) is 0.944. The molecule has 1 heterocycles. The highest BCUT2D eigenvalue weighted by Crippen LogP contribution is 2.38. The van der Waals surface area contributed by atoms with Crippen LogP contribution in [0, 0.1) is 5.82 Å². The first-order valence-corrected chi connectivity index (χ1v) is 7.06. The van der Waals surface area contributed by atoms with Crippen LogP contribution < -0.4 is 15.2 Å². The normalized spacial score (nSPS) is 14.1. The van der Waals surface area contributed by atoms with Gasteiger partial charge in [0, 0.05) is 18.1 Å². The van der Waals surface area contributed by atoms with Crippen LogP contribution in [0.5, 0.6) is 11.5 Å². The molecule has 0 aromatic heterocycles. The third-order valence-corrected chi connectivity index (χ3v) is 3.61. The van der Waals surface area contributed by atoms with Crippen LogP contribution in [0.15, 0.2) is 36.4 Å². The van der Waals surface area contributed by atoms with E-state index in [1.165, 1.54) is 19.1 Å². The molecule has 2 aromatic carbocycles. The summed E-state index contributed by atoms with van der Waals surface area (Å²) < 4.78 is 24.9. The Morgan fingerprint density at radius 2 is 2.18 bits per heavy atom. The van der Waals surface area contributed by atoms with E-state index < -0.39 is 17.8 Å². The number of primary amides is 1. The molecule has 1 aliphatic heterocycles. The Kier molecular flexibility index (Phi) is 3.71. The number of amides is 1. The van der Waals surface area contributed by atoms with Crippen molar-refractivity contribution in [2.75, 3.05) is 6.61 Å². The molecule has 3 rings (SSSR count). The van der Waals surface area contributed by atoms with Crippen molar-refractivity contribution >= 4 is 5.91 Å². The maximum atomic E-state index is 13.9. The monoisotopic (exact) mass is 301 g/mol. The summed E-state index contributed by atoms with van der Waals surface area (Å²) in [6, 6.07) is 10.1. The average molecular weight is 301 g/mol. The molecular weight excluding hydrogens is 285 g/mol. The highest BCUT2D eigenvalue weighted by Gasteiger charge is 2.18. The Labute approximate surface area is 127 Å². The van der Waals surface area contributed by atoms with Crippen molar-refractivity contribution in [3.63, 3.8) is 0 Å². The summed E-state index contributed by atoms with van der Waals surface area (Å²) in [4.78, 5) is 11.1. The predicted molar refractivity (Wildman–Crippen MR) is 80.3 cm³/mol. The molecule has 5 heteroatoms. The van der Waals surface area contributed by atoms with E-state index in [0.29, 0.717) is 12.2 Å². The lowest BCUT2D eigenvalue weighted by Gasteiger charge is -2.14. The number of rotatable bonds is 4. The number of para-hydroxylation sites is 1. The van der Waals surface area contributed by atoms with Crippen molar-refractivity contribution in [3.05, 3.63) is 47.8 Å². The summed E-state index contributed by atoms with van der Waals surface area (Å²) in [6.45, 7) is 2.15. The van der Waals surface area contributed by atoms with Gasteiger partial charge in [-0.1, -0.05) is 18.2 Å². The summed E-state index contributed by atoms with van der Waals surface area (Å²) in [6.07, 6.45) is 0.0213. The van der Waals surface area contributed by atoms with Crippen LogP contribution in [0.4, 0.5) is 4.39 Å². The second-order valence-electron chi connectivity index (χ2n) is 5.23. The first-order valence-electron chi connectivity index (χ1n) is 7.06. The van der Waals surface area contributed by atoms with Gasteiger partial charge in [-0.15, -0.1) is 0 Å². The van der Waals surface area contributed by atoms with Crippen LogP contribution in [0.1, 0.15) is 12.5 Å². The number of carbonyl (C=O) groups is 1. The molecule has 1 unspecified atom stereocenters. The molecule has 0 spiro atoms. The molecule has 0 bridgehead atoms. The topological polar surface area (TPSA) is 61.6 Å². The average Bonchev–Trinajstić information content (AvgIpc) is 2.94. The van der Waals surface area contributed by atoms with Gasteiger partial charge in [-0.3, -0.25) is 4.79 Å². The smallest absolute Gasteiger partial charge is 0.258 e. The van der Waals surface area contributed by atoms with Gasteiger partial charge >= 0.3 is 0 Å². The third-order valence-electron chi connectivity index (χ3n) is 3.61. The summed E-state index contributed by atoms with van der Waals surface area (Å²) in [5.41, 5.74) is 7.73. The number of halogens is 1. The molecule has 1 aliphatic rings. The summed E-state index contributed by atoms with van der Waals surface area (Å²) in [7, 11) is 0. The van der Waals surface area contributed by atoms with E-state index in [2.05, 4.69) is 0 Å². The van der Waals surface area contributed by atoms with E-state index in [4.69, 9.17) is 15.2 Å². The SMILES string of the molecule is CC(Oc1cc(F)cc(-c2cccc3c2OCC3)c1)C(N)=O. The number of ether oxygens (including phenoxy) is 2. The first-order chi connectivity index (χ1) is 10.5. The molecule has 1 atom stereocenters. The number of hydrogen-bond donors (Lipinski definition) is 1. The van der Waals surface area contributed by atoms with Gasteiger partial charge in [0.25, 0.3) is 5.91 Å². The minimum atomic E-state index is -0.826. The highest BCUT2D eigenvalue weighted by molar-refractivity contribution is 5.79.